The van der Waals surface area contributed by atoms with Gasteiger partial charge in [0.1, 0.15) is 11.6 Å². The van der Waals surface area contributed by atoms with Crippen LogP contribution in [-0.4, -0.2) is 34.3 Å². The number of nitrogens with zero attached hydrogens (tertiary/aromatic N) is 2. The molecule has 3 aromatic rings. The lowest BCUT2D eigenvalue weighted by molar-refractivity contribution is -0.136. The van der Waals surface area contributed by atoms with E-state index in [9.17, 15) is 9.59 Å². The number of para-hydroxylation sites is 2. The first-order valence-corrected chi connectivity index (χ1v) is 10.2. The first kappa shape index (κ1) is 17.9. The van der Waals surface area contributed by atoms with E-state index < -0.39 is 0 Å². The highest BCUT2D eigenvalue weighted by molar-refractivity contribution is 5.97. The second-order valence-corrected chi connectivity index (χ2v) is 7.95. The fourth-order valence-corrected chi connectivity index (χ4v) is 3.94. The molecule has 2 aliphatic rings. The van der Waals surface area contributed by atoms with E-state index in [0.29, 0.717) is 30.5 Å². The average molecular weight is 389 g/mol. The number of hydrogen-bond donors (Lipinski definition) is 1. The van der Waals surface area contributed by atoms with E-state index in [1.165, 1.54) is 0 Å². The Bertz CT molecular complexity index is 1020. The molecule has 6 heteroatoms. The SMILES string of the molecule is O=C(Nc1ccc(-c2nc3ccccc3o2)cc1)[C@H]1CCCN1C(=O)CC1CC1. The zero-order chi connectivity index (χ0) is 19.8. The van der Waals surface area contributed by atoms with Crippen LogP contribution in [0.4, 0.5) is 5.69 Å². The van der Waals surface area contributed by atoms with Crippen LogP contribution in [0.5, 0.6) is 0 Å². The van der Waals surface area contributed by atoms with Crippen LogP contribution in [0.3, 0.4) is 0 Å². The molecule has 1 aliphatic carbocycles. The molecular weight excluding hydrogens is 366 g/mol. The maximum Gasteiger partial charge on any atom is 0.247 e. The molecule has 1 atom stereocenters. The van der Waals surface area contributed by atoms with Crippen LogP contribution in [0.15, 0.2) is 52.9 Å². The Hall–Kier alpha value is -3.15. The van der Waals surface area contributed by atoms with Crippen molar-refractivity contribution in [3.63, 3.8) is 0 Å². The predicted octanol–water partition coefficient (Wildman–Crippen LogP) is 4.22. The average Bonchev–Trinajstić information content (AvgIpc) is 3.24. The van der Waals surface area contributed by atoms with E-state index in [0.717, 1.165) is 42.3 Å². The Morgan fingerprint density at radius 3 is 2.62 bits per heavy atom. The first-order chi connectivity index (χ1) is 14.2. The van der Waals surface area contributed by atoms with Gasteiger partial charge in [0.2, 0.25) is 17.7 Å². The van der Waals surface area contributed by atoms with Crippen LogP contribution in [0.2, 0.25) is 0 Å². The summed E-state index contributed by atoms with van der Waals surface area (Å²) in [5.41, 5.74) is 3.12. The highest BCUT2D eigenvalue weighted by Crippen LogP contribution is 2.34. The van der Waals surface area contributed by atoms with Gasteiger partial charge in [-0.05, 0) is 68.0 Å². The van der Waals surface area contributed by atoms with Crippen molar-refractivity contribution in [3.8, 4) is 11.5 Å². The van der Waals surface area contributed by atoms with Crippen molar-refractivity contribution in [1.29, 1.82) is 0 Å². The molecule has 5 rings (SSSR count). The largest absolute Gasteiger partial charge is 0.436 e. The van der Waals surface area contributed by atoms with E-state index in [2.05, 4.69) is 10.3 Å². The summed E-state index contributed by atoms with van der Waals surface area (Å²) in [6.07, 6.45) is 4.48. The predicted molar refractivity (Wildman–Crippen MR) is 110 cm³/mol. The van der Waals surface area contributed by atoms with E-state index >= 15 is 0 Å². The molecule has 2 fully saturated rings. The Morgan fingerprint density at radius 1 is 1.07 bits per heavy atom. The number of carbonyl (C=O) groups excluding carboxylic acids is 2. The number of anilines is 1. The van der Waals surface area contributed by atoms with Crippen molar-refractivity contribution in [2.24, 2.45) is 5.92 Å². The first-order valence-electron chi connectivity index (χ1n) is 10.2. The number of benzene rings is 2. The van der Waals surface area contributed by atoms with Gasteiger partial charge >= 0.3 is 0 Å². The van der Waals surface area contributed by atoms with Crippen LogP contribution in [0.25, 0.3) is 22.6 Å². The molecule has 1 N–H and O–H groups in total. The summed E-state index contributed by atoms with van der Waals surface area (Å²) in [4.78, 5) is 31.5. The molecule has 0 spiro atoms. The molecule has 148 valence electrons. The third-order valence-corrected chi connectivity index (χ3v) is 5.73. The third-order valence-electron chi connectivity index (χ3n) is 5.73. The van der Waals surface area contributed by atoms with Crippen molar-refractivity contribution in [3.05, 3.63) is 48.5 Å². The van der Waals surface area contributed by atoms with Gasteiger partial charge in [0, 0.05) is 24.2 Å². The maximum absolute atomic E-state index is 12.8. The molecule has 2 heterocycles. The van der Waals surface area contributed by atoms with Gasteiger partial charge in [-0.3, -0.25) is 9.59 Å². The molecule has 29 heavy (non-hydrogen) atoms. The lowest BCUT2D eigenvalue weighted by atomic mass is 10.1. The summed E-state index contributed by atoms with van der Waals surface area (Å²) in [5.74, 6) is 1.10. The van der Waals surface area contributed by atoms with E-state index in [1.807, 2.05) is 48.5 Å². The molecule has 2 amide bonds. The minimum Gasteiger partial charge on any atom is -0.436 e. The van der Waals surface area contributed by atoms with E-state index in [-0.39, 0.29) is 17.9 Å². The van der Waals surface area contributed by atoms with Crippen LogP contribution in [-0.2, 0) is 9.59 Å². The standard InChI is InChI=1S/C23H23N3O3/c27-21(14-15-7-8-15)26-13-3-5-19(26)22(28)24-17-11-9-16(10-12-17)23-25-18-4-1-2-6-20(18)29-23/h1-2,4,6,9-12,15,19H,3,5,7-8,13-14H2,(H,24,28)/t19-/m1/s1. The van der Waals surface area contributed by atoms with Crippen molar-refractivity contribution in [2.75, 3.05) is 11.9 Å². The highest BCUT2D eigenvalue weighted by Gasteiger charge is 2.36. The van der Waals surface area contributed by atoms with Crippen molar-refractivity contribution < 1.29 is 14.0 Å². The fourth-order valence-electron chi connectivity index (χ4n) is 3.94. The lowest BCUT2D eigenvalue weighted by Gasteiger charge is -2.24. The number of likely N-dealkylation sites (tertiary alicyclic amines) is 1. The number of aromatic nitrogens is 1. The lowest BCUT2D eigenvalue weighted by Crippen LogP contribution is -2.43. The van der Waals surface area contributed by atoms with E-state index in [4.69, 9.17) is 4.42 Å². The summed E-state index contributed by atoms with van der Waals surface area (Å²) in [6, 6.07) is 14.7. The molecule has 1 saturated heterocycles. The smallest absolute Gasteiger partial charge is 0.247 e. The van der Waals surface area contributed by atoms with Gasteiger partial charge in [0.05, 0.1) is 0 Å². The quantitative estimate of drug-likeness (QED) is 0.709. The van der Waals surface area contributed by atoms with Crippen molar-refractivity contribution >= 4 is 28.6 Å². The highest BCUT2D eigenvalue weighted by atomic mass is 16.3. The fraction of sp³-hybridized carbons (Fsp3) is 0.348. The summed E-state index contributed by atoms with van der Waals surface area (Å²) in [7, 11) is 0. The van der Waals surface area contributed by atoms with Crippen LogP contribution >= 0.6 is 0 Å². The molecule has 1 aliphatic heterocycles. The molecular formula is C23H23N3O3. The van der Waals surface area contributed by atoms with Crippen molar-refractivity contribution in [2.45, 2.75) is 38.1 Å². The molecule has 0 unspecified atom stereocenters. The topological polar surface area (TPSA) is 75.4 Å². The van der Waals surface area contributed by atoms with Gasteiger partial charge in [-0.1, -0.05) is 12.1 Å². The number of nitrogens with one attached hydrogen (secondary N) is 1. The van der Waals surface area contributed by atoms with Gasteiger partial charge in [-0.2, -0.15) is 0 Å². The number of amides is 2. The maximum atomic E-state index is 12.8. The number of hydrogen-bond acceptors (Lipinski definition) is 4. The van der Waals surface area contributed by atoms with Gasteiger partial charge < -0.3 is 14.6 Å². The number of fused-ring (bicyclic) bond motifs is 1. The second kappa shape index (κ2) is 7.35. The van der Waals surface area contributed by atoms with Gasteiger partial charge in [0.15, 0.2) is 5.58 Å². The minimum atomic E-state index is -0.363. The number of rotatable bonds is 5. The normalized spacial score (nSPS) is 18.9. The zero-order valence-electron chi connectivity index (χ0n) is 16.1. The monoisotopic (exact) mass is 389 g/mol. The van der Waals surface area contributed by atoms with Crippen LogP contribution in [0.1, 0.15) is 32.1 Å². The molecule has 6 nitrogen and oxygen atoms in total. The minimum absolute atomic E-state index is 0.110. The van der Waals surface area contributed by atoms with E-state index in [1.54, 1.807) is 4.90 Å². The second-order valence-electron chi connectivity index (χ2n) is 7.95. The summed E-state index contributed by atoms with van der Waals surface area (Å²) in [6.45, 7) is 0.681. The summed E-state index contributed by atoms with van der Waals surface area (Å²) < 4.78 is 5.79. The third kappa shape index (κ3) is 3.75. The van der Waals surface area contributed by atoms with Gasteiger partial charge in [0.25, 0.3) is 0 Å². The summed E-state index contributed by atoms with van der Waals surface area (Å²) >= 11 is 0. The molecule has 2 aromatic carbocycles. The van der Waals surface area contributed by atoms with Gasteiger partial charge in [-0.25, -0.2) is 4.98 Å². The zero-order valence-corrected chi connectivity index (χ0v) is 16.1. The van der Waals surface area contributed by atoms with Crippen LogP contribution in [0, 0.1) is 5.92 Å². The Morgan fingerprint density at radius 2 is 1.86 bits per heavy atom. The molecule has 0 radical (unpaired) electrons. The van der Waals surface area contributed by atoms with Crippen molar-refractivity contribution in [1.82, 2.24) is 9.88 Å². The van der Waals surface area contributed by atoms with Gasteiger partial charge in [-0.15, -0.1) is 0 Å². The Labute approximate surface area is 168 Å². The number of oxazole rings is 1. The molecule has 1 aromatic heterocycles. The number of carbonyl (C=O) groups is 2. The Kier molecular flexibility index (Phi) is 4.54. The Balaban J connectivity index is 1.26. The summed E-state index contributed by atoms with van der Waals surface area (Å²) in [5, 5.41) is 2.96. The van der Waals surface area contributed by atoms with Crippen LogP contribution < -0.4 is 5.32 Å². The molecule has 0 bridgehead atoms. The molecule has 1 saturated carbocycles.